The number of hydrogen-bond acceptors (Lipinski definition) is 5. The number of pyridine rings is 1. The molecule has 0 aliphatic rings. The molecule has 0 spiro atoms. The molecule has 1 atom stereocenters. The van der Waals surface area contributed by atoms with E-state index in [4.69, 9.17) is 26.7 Å². The molecule has 0 saturated heterocycles. The second-order valence-electron chi connectivity index (χ2n) is 3.47. The first-order valence-corrected chi connectivity index (χ1v) is 5.49. The molecule has 0 aliphatic heterocycles. The zero-order valence-electron chi connectivity index (χ0n) is 9.68. The van der Waals surface area contributed by atoms with Gasteiger partial charge in [0.05, 0.1) is 18.1 Å². The molecule has 1 unspecified atom stereocenters. The molecule has 1 rings (SSSR count). The van der Waals surface area contributed by atoms with Crippen molar-refractivity contribution in [1.29, 1.82) is 5.26 Å². The fraction of sp³-hybridized carbons (Fsp3) is 0.364. The van der Waals surface area contributed by atoms with Crippen LogP contribution in [0.5, 0.6) is 0 Å². The van der Waals surface area contributed by atoms with Crippen molar-refractivity contribution in [3.63, 3.8) is 0 Å². The molecule has 18 heavy (non-hydrogen) atoms. The van der Waals surface area contributed by atoms with Gasteiger partial charge < -0.3 is 15.2 Å². The Hall–Kier alpha value is -1.84. The molecule has 0 saturated carbocycles. The number of nitrogens with one attached hydrogen (secondary N) is 1. The molecule has 0 bridgehead atoms. The summed E-state index contributed by atoms with van der Waals surface area (Å²) in [4.78, 5) is 14.5. The van der Waals surface area contributed by atoms with Crippen LogP contribution in [0.1, 0.15) is 12.0 Å². The Morgan fingerprint density at radius 2 is 2.50 bits per heavy atom. The van der Waals surface area contributed by atoms with Crippen molar-refractivity contribution in [2.24, 2.45) is 0 Å². The number of carbonyl (C=O) groups is 1. The largest absolute Gasteiger partial charge is 0.481 e. The van der Waals surface area contributed by atoms with E-state index < -0.39 is 12.1 Å². The zero-order chi connectivity index (χ0) is 13.5. The van der Waals surface area contributed by atoms with Crippen LogP contribution in [-0.4, -0.2) is 35.8 Å². The van der Waals surface area contributed by atoms with E-state index in [1.165, 1.54) is 19.4 Å². The minimum atomic E-state index is -0.950. The number of aliphatic carboxylic acids is 1. The lowest BCUT2D eigenvalue weighted by molar-refractivity contribution is -0.139. The van der Waals surface area contributed by atoms with Gasteiger partial charge in [-0.1, -0.05) is 11.6 Å². The Morgan fingerprint density at radius 1 is 1.78 bits per heavy atom. The molecule has 1 aromatic heterocycles. The van der Waals surface area contributed by atoms with Crippen LogP contribution in [-0.2, 0) is 9.53 Å². The smallest absolute Gasteiger partial charge is 0.306 e. The van der Waals surface area contributed by atoms with Crippen LogP contribution < -0.4 is 5.32 Å². The van der Waals surface area contributed by atoms with Crippen LogP contribution in [0.25, 0.3) is 0 Å². The van der Waals surface area contributed by atoms with Crippen molar-refractivity contribution < 1.29 is 14.6 Å². The first-order chi connectivity index (χ1) is 8.58. The summed E-state index contributed by atoms with van der Waals surface area (Å²) >= 11 is 5.94. The quantitative estimate of drug-likeness (QED) is 0.813. The standard InChI is InChI=1S/C11H12ClN3O3/c1-18-8(4-9(16)17)6-15-11-10(12)7(5-13)2-3-14-11/h2-3,8H,4,6H2,1H3,(H,14,15)(H,16,17). The summed E-state index contributed by atoms with van der Waals surface area (Å²) in [6.45, 7) is 0.240. The van der Waals surface area contributed by atoms with E-state index in [1.807, 2.05) is 6.07 Å². The van der Waals surface area contributed by atoms with Gasteiger partial charge >= 0.3 is 5.97 Å². The SMILES string of the molecule is COC(CNc1nccc(C#N)c1Cl)CC(=O)O. The monoisotopic (exact) mass is 269 g/mol. The lowest BCUT2D eigenvalue weighted by Crippen LogP contribution is -2.25. The second kappa shape index (κ2) is 6.79. The summed E-state index contributed by atoms with van der Waals surface area (Å²) in [6, 6.07) is 3.43. The van der Waals surface area contributed by atoms with Crippen LogP contribution in [0.2, 0.25) is 5.02 Å². The van der Waals surface area contributed by atoms with Gasteiger partial charge in [0.1, 0.15) is 16.9 Å². The van der Waals surface area contributed by atoms with Gasteiger partial charge in [-0.05, 0) is 6.07 Å². The van der Waals surface area contributed by atoms with Gasteiger partial charge in [0.2, 0.25) is 0 Å². The predicted molar refractivity (Wildman–Crippen MR) is 65.5 cm³/mol. The molecule has 0 aliphatic carbocycles. The number of carboxylic acid groups (broad SMARTS) is 1. The van der Waals surface area contributed by atoms with E-state index in [0.29, 0.717) is 11.4 Å². The number of hydrogen-bond donors (Lipinski definition) is 2. The molecule has 0 radical (unpaired) electrons. The second-order valence-corrected chi connectivity index (χ2v) is 3.85. The van der Waals surface area contributed by atoms with Crippen LogP contribution in [0, 0.1) is 11.3 Å². The molecule has 0 fully saturated rings. The maximum absolute atomic E-state index is 10.6. The highest BCUT2D eigenvalue weighted by molar-refractivity contribution is 6.34. The third-order valence-corrected chi connectivity index (χ3v) is 2.63. The molecule has 7 heteroatoms. The van der Waals surface area contributed by atoms with Gasteiger partial charge in [0, 0.05) is 19.9 Å². The summed E-state index contributed by atoms with van der Waals surface area (Å²) in [6.07, 6.45) is 0.830. The van der Waals surface area contributed by atoms with E-state index in [1.54, 1.807) is 0 Å². The average molecular weight is 270 g/mol. The molecule has 96 valence electrons. The van der Waals surface area contributed by atoms with E-state index >= 15 is 0 Å². The molecule has 2 N–H and O–H groups in total. The number of aromatic nitrogens is 1. The number of carboxylic acids is 1. The van der Waals surface area contributed by atoms with Crippen LogP contribution in [0.4, 0.5) is 5.82 Å². The highest BCUT2D eigenvalue weighted by Crippen LogP contribution is 2.22. The highest BCUT2D eigenvalue weighted by atomic mass is 35.5. The maximum atomic E-state index is 10.6. The normalized spacial score (nSPS) is 11.6. The van der Waals surface area contributed by atoms with Crippen molar-refractivity contribution in [2.45, 2.75) is 12.5 Å². The average Bonchev–Trinajstić information content (AvgIpc) is 2.35. The van der Waals surface area contributed by atoms with Crippen molar-refractivity contribution in [3.05, 3.63) is 22.8 Å². The summed E-state index contributed by atoms with van der Waals surface area (Å²) in [7, 11) is 1.43. The van der Waals surface area contributed by atoms with Gasteiger partial charge in [-0.15, -0.1) is 0 Å². The first-order valence-electron chi connectivity index (χ1n) is 5.11. The van der Waals surface area contributed by atoms with E-state index in [0.717, 1.165) is 0 Å². The topological polar surface area (TPSA) is 95.2 Å². The van der Waals surface area contributed by atoms with Crippen LogP contribution in [0.15, 0.2) is 12.3 Å². The third-order valence-electron chi connectivity index (χ3n) is 2.24. The number of ether oxygens (including phenoxy) is 1. The van der Waals surface area contributed by atoms with Gasteiger partial charge in [0.15, 0.2) is 0 Å². The van der Waals surface area contributed by atoms with Crippen molar-refractivity contribution >= 4 is 23.4 Å². The highest BCUT2D eigenvalue weighted by Gasteiger charge is 2.14. The number of nitrogens with zero attached hydrogens (tertiary/aromatic N) is 2. The number of halogens is 1. The molecule has 6 nitrogen and oxygen atoms in total. The molecular formula is C11H12ClN3O3. The fourth-order valence-electron chi connectivity index (χ4n) is 1.30. The Morgan fingerprint density at radius 3 is 3.06 bits per heavy atom. The van der Waals surface area contributed by atoms with Gasteiger partial charge in [-0.2, -0.15) is 5.26 Å². The Balaban J connectivity index is 2.68. The third kappa shape index (κ3) is 3.87. The minimum absolute atomic E-state index is 0.126. The first kappa shape index (κ1) is 14.2. The van der Waals surface area contributed by atoms with Gasteiger partial charge in [-0.3, -0.25) is 4.79 Å². The molecule has 1 heterocycles. The van der Waals surface area contributed by atoms with Crippen molar-refractivity contribution in [2.75, 3.05) is 19.0 Å². The zero-order valence-corrected chi connectivity index (χ0v) is 10.4. The summed E-state index contributed by atoms with van der Waals surface area (Å²) in [5.74, 6) is -0.614. The van der Waals surface area contributed by atoms with E-state index in [9.17, 15) is 4.79 Å². The van der Waals surface area contributed by atoms with Crippen LogP contribution in [0.3, 0.4) is 0 Å². The van der Waals surface area contributed by atoms with Crippen molar-refractivity contribution in [3.8, 4) is 6.07 Å². The predicted octanol–water partition coefficient (Wildman–Crippen LogP) is 1.51. The summed E-state index contributed by atoms with van der Waals surface area (Å²) in [5, 5.41) is 20.5. The number of nitriles is 1. The lowest BCUT2D eigenvalue weighted by atomic mass is 10.2. The van der Waals surface area contributed by atoms with Crippen LogP contribution >= 0.6 is 11.6 Å². The lowest BCUT2D eigenvalue weighted by Gasteiger charge is -2.15. The van der Waals surface area contributed by atoms with E-state index in [-0.39, 0.29) is 18.0 Å². The minimum Gasteiger partial charge on any atom is -0.481 e. The van der Waals surface area contributed by atoms with Gasteiger partial charge in [-0.25, -0.2) is 4.98 Å². The number of anilines is 1. The molecule has 1 aromatic rings. The summed E-state index contributed by atoms with van der Waals surface area (Å²) < 4.78 is 5.00. The molecular weight excluding hydrogens is 258 g/mol. The number of methoxy groups -OCH3 is 1. The Labute approximate surface area is 109 Å². The van der Waals surface area contributed by atoms with E-state index in [2.05, 4.69) is 10.3 Å². The molecule has 0 amide bonds. The Bertz CT molecular complexity index is 473. The molecule has 0 aromatic carbocycles. The number of rotatable bonds is 6. The van der Waals surface area contributed by atoms with Gasteiger partial charge in [0.25, 0.3) is 0 Å². The van der Waals surface area contributed by atoms with Crippen molar-refractivity contribution in [1.82, 2.24) is 4.98 Å². The maximum Gasteiger partial charge on any atom is 0.306 e. The fourth-order valence-corrected chi connectivity index (χ4v) is 1.52. The Kier molecular flexibility index (Phi) is 5.36. The summed E-state index contributed by atoms with van der Waals surface area (Å²) in [5.41, 5.74) is 0.307.